The summed E-state index contributed by atoms with van der Waals surface area (Å²) < 4.78 is 27.7. The summed E-state index contributed by atoms with van der Waals surface area (Å²) in [5, 5.41) is 0. The van der Waals surface area contributed by atoms with Crippen LogP contribution in [0.15, 0.2) is 24.3 Å². The molecule has 7 heteroatoms. The van der Waals surface area contributed by atoms with Gasteiger partial charge in [-0.2, -0.15) is 0 Å². The lowest BCUT2D eigenvalue weighted by molar-refractivity contribution is -0.187. The highest BCUT2D eigenvalue weighted by molar-refractivity contribution is 5.75. The van der Waals surface area contributed by atoms with Gasteiger partial charge in [-0.1, -0.05) is 25.1 Å². The SMILES string of the molecule is CCC1(COCCOC(C)OC(=O)C(C)N2COc3ccccc3C2)COC1. The number of nitrogens with zero attached hydrogens (tertiary/aromatic N) is 1. The molecule has 0 saturated carbocycles. The predicted molar refractivity (Wildman–Crippen MR) is 103 cm³/mol. The summed E-state index contributed by atoms with van der Waals surface area (Å²) in [4.78, 5) is 14.4. The second-order valence-electron chi connectivity index (χ2n) is 7.58. The smallest absolute Gasteiger partial charge is 0.325 e. The maximum Gasteiger partial charge on any atom is 0.325 e. The van der Waals surface area contributed by atoms with Crippen LogP contribution in [0, 0.1) is 5.41 Å². The van der Waals surface area contributed by atoms with Crippen LogP contribution in [0.3, 0.4) is 0 Å². The van der Waals surface area contributed by atoms with E-state index in [2.05, 4.69) is 6.92 Å². The lowest BCUT2D eigenvalue weighted by atomic mass is 9.84. The van der Waals surface area contributed by atoms with Crippen LogP contribution >= 0.6 is 0 Å². The van der Waals surface area contributed by atoms with Crippen molar-refractivity contribution in [2.24, 2.45) is 5.41 Å². The van der Waals surface area contributed by atoms with Crippen LogP contribution in [-0.4, -0.2) is 63.0 Å². The van der Waals surface area contributed by atoms with E-state index >= 15 is 0 Å². The molecule has 0 amide bonds. The molecule has 2 unspecified atom stereocenters. The fraction of sp³-hybridized carbons (Fsp3) is 0.667. The van der Waals surface area contributed by atoms with Crippen molar-refractivity contribution < 1.29 is 28.5 Å². The fourth-order valence-corrected chi connectivity index (χ4v) is 3.23. The first kappa shape index (κ1) is 21.0. The van der Waals surface area contributed by atoms with Gasteiger partial charge in [-0.3, -0.25) is 9.69 Å². The summed E-state index contributed by atoms with van der Waals surface area (Å²) in [6.45, 7) is 9.75. The van der Waals surface area contributed by atoms with E-state index in [4.69, 9.17) is 23.7 Å². The summed E-state index contributed by atoms with van der Waals surface area (Å²) in [5.74, 6) is 0.544. The number of hydrogen-bond donors (Lipinski definition) is 0. The molecule has 2 atom stereocenters. The molecule has 2 heterocycles. The van der Waals surface area contributed by atoms with E-state index in [0.29, 0.717) is 33.1 Å². The average Bonchev–Trinajstić information content (AvgIpc) is 2.68. The molecule has 1 aromatic rings. The Balaban J connectivity index is 1.33. The van der Waals surface area contributed by atoms with E-state index in [0.717, 1.165) is 30.9 Å². The number of ether oxygens (including phenoxy) is 5. The minimum atomic E-state index is -0.622. The number of hydrogen-bond acceptors (Lipinski definition) is 7. The highest BCUT2D eigenvalue weighted by Crippen LogP contribution is 2.31. The Kier molecular flexibility index (Phi) is 7.29. The van der Waals surface area contributed by atoms with Gasteiger partial charge in [0, 0.05) is 17.5 Å². The van der Waals surface area contributed by atoms with Crippen LogP contribution in [0.25, 0.3) is 0 Å². The standard InChI is InChI=1S/C21H31NO6/c1-4-21(13-25-14-21)12-24-9-10-26-17(3)28-20(23)16(2)22-11-18-7-5-6-8-19(18)27-15-22/h5-8,16-17H,4,9-15H2,1-3H3. The Morgan fingerprint density at radius 3 is 2.75 bits per heavy atom. The molecule has 1 saturated heterocycles. The van der Waals surface area contributed by atoms with Crippen LogP contribution in [0.5, 0.6) is 5.75 Å². The average molecular weight is 393 g/mol. The molecule has 1 fully saturated rings. The third kappa shape index (κ3) is 5.23. The van der Waals surface area contributed by atoms with Crippen LogP contribution in [0.1, 0.15) is 32.8 Å². The highest BCUT2D eigenvalue weighted by Gasteiger charge is 2.37. The third-order valence-corrected chi connectivity index (χ3v) is 5.46. The Morgan fingerprint density at radius 1 is 1.25 bits per heavy atom. The summed E-state index contributed by atoms with van der Waals surface area (Å²) in [6.07, 6.45) is 0.425. The number of esters is 1. The number of benzene rings is 1. The molecule has 156 valence electrons. The molecule has 0 aromatic heterocycles. The zero-order chi connectivity index (χ0) is 20.0. The van der Waals surface area contributed by atoms with E-state index < -0.39 is 12.3 Å². The van der Waals surface area contributed by atoms with Gasteiger partial charge in [0.1, 0.15) is 18.5 Å². The molecule has 0 aliphatic carbocycles. The van der Waals surface area contributed by atoms with Crippen molar-refractivity contribution in [3.8, 4) is 5.75 Å². The van der Waals surface area contributed by atoms with Crippen molar-refractivity contribution in [2.75, 3.05) is 39.8 Å². The molecular weight excluding hydrogens is 362 g/mol. The van der Waals surface area contributed by atoms with Gasteiger partial charge in [0.15, 0.2) is 6.29 Å². The van der Waals surface area contributed by atoms with E-state index in [1.165, 1.54) is 0 Å². The molecule has 0 radical (unpaired) electrons. The lowest BCUT2D eigenvalue weighted by Gasteiger charge is -2.40. The first-order chi connectivity index (χ1) is 13.5. The van der Waals surface area contributed by atoms with Crippen molar-refractivity contribution in [3.63, 3.8) is 0 Å². The molecular formula is C21H31NO6. The van der Waals surface area contributed by atoms with Gasteiger partial charge in [-0.15, -0.1) is 0 Å². The Bertz CT molecular complexity index is 642. The lowest BCUT2D eigenvalue weighted by Crippen LogP contribution is -2.46. The monoisotopic (exact) mass is 393 g/mol. The molecule has 2 aliphatic rings. The first-order valence-electron chi connectivity index (χ1n) is 9.95. The topological polar surface area (TPSA) is 66.5 Å². The second kappa shape index (κ2) is 9.69. The predicted octanol–water partition coefficient (Wildman–Crippen LogP) is 2.58. The zero-order valence-corrected chi connectivity index (χ0v) is 17.0. The molecule has 0 bridgehead atoms. The van der Waals surface area contributed by atoms with Crippen molar-refractivity contribution in [3.05, 3.63) is 29.8 Å². The van der Waals surface area contributed by atoms with Crippen molar-refractivity contribution in [2.45, 2.75) is 46.1 Å². The first-order valence-corrected chi connectivity index (χ1v) is 9.95. The van der Waals surface area contributed by atoms with Crippen LogP contribution < -0.4 is 4.74 Å². The minimum Gasteiger partial charge on any atom is -0.478 e. The molecule has 28 heavy (non-hydrogen) atoms. The Labute approximate surface area is 166 Å². The molecule has 0 spiro atoms. The normalized spacial score (nSPS) is 20.4. The third-order valence-electron chi connectivity index (χ3n) is 5.46. The van der Waals surface area contributed by atoms with Crippen LogP contribution in [0.2, 0.25) is 0 Å². The Morgan fingerprint density at radius 2 is 2.04 bits per heavy atom. The number of rotatable bonds is 10. The van der Waals surface area contributed by atoms with E-state index in [-0.39, 0.29) is 11.4 Å². The van der Waals surface area contributed by atoms with E-state index in [1.807, 2.05) is 36.1 Å². The van der Waals surface area contributed by atoms with Gasteiger partial charge in [-0.25, -0.2) is 0 Å². The van der Waals surface area contributed by atoms with Gasteiger partial charge in [0.25, 0.3) is 0 Å². The summed E-state index contributed by atoms with van der Waals surface area (Å²) >= 11 is 0. The maximum absolute atomic E-state index is 12.4. The Hall–Kier alpha value is -1.67. The van der Waals surface area contributed by atoms with Gasteiger partial charge in [0.05, 0.1) is 33.0 Å². The van der Waals surface area contributed by atoms with Crippen molar-refractivity contribution >= 4 is 5.97 Å². The van der Waals surface area contributed by atoms with Crippen LogP contribution in [0.4, 0.5) is 0 Å². The fourth-order valence-electron chi connectivity index (χ4n) is 3.23. The molecule has 1 aromatic carbocycles. The van der Waals surface area contributed by atoms with Crippen molar-refractivity contribution in [1.29, 1.82) is 0 Å². The summed E-state index contributed by atoms with van der Waals surface area (Å²) in [6, 6.07) is 7.43. The number of fused-ring (bicyclic) bond motifs is 1. The molecule has 7 nitrogen and oxygen atoms in total. The zero-order valence-electron chi connectivity index (χ0n) is 17.0. The number of para-hydroxylation sites is 1. The van der Waals surface area contributed by atoms with E-state index in [1.54, 1.807) is 6.92 Å². The molecule has 2 aliphatic heterocycles. The van der Waals surface area contributed by atoms with Gasteiger partial charge >= 0.3 is 5.97 Å². The van der Waals surface area contributed by atoms with Crippen molar-refractivity contribution in [1.82, 2.24) is 4.90 Å². The largest absolute Gasteiger partial charge is 0.478 e. The summed E-state index contributed by atoms with van der Waals surface area (Å²) in [5.41, 5.74) is 1.24. The maximum atomic E-state index is 12.4. The number of carbonyl (C=O) groups is 1. The van der Waals surface area contributed by atoms with Gasteiger partial charge in [-0.05, 0) is 26.3 Å². The minimum absolute atomic E-state index is 0.169. The highest BCUT2D eigenvalue weighted by atomic mass is 16.7. The molecule has 3 rings (SSSR count). The molecule has 0 N–H and O–H groups in total. The number of carbonyl (C=O) groups excluding carboxylic acids is 1. The van der Waals surface area contributed by atoms with Gasteiger partial charge < -0.3 is 23.7 Å². The van der Waals surface area contributed by atoms with E-state index in [9.17, 15) is 4.79 Å². The van der Waals surface area contributed by atoms with Gasteiger partial charge in [0.2, 0.25) is 0 Å². The quantitative estimate of drug-likeness (QED) is 0.344. The van der Waals surface area contributed by atoms with Crippen LogP contribution in [-0.2, 0) is 30.3 Å². The second-order valence-corrected chi connectivity index (χ2v) is 7.58. The summed E-state index contributed by atoms with van der Waals surface area (Å²) in [7, 11) is 0.